The summed E-state index contributed by atoms with van der Waals surface area (Å²) in [5, 5.41) is 9.84. The zero-order valence-corrected chi connectivity index (χ0v) is 13.5. The van der Waals surface area contributed by atoms with Crippen LogP contribution < -0.4 is 0 Å². The van der Waals surface area contributed by atoms with Gasteiger partial charge in [0.15, 0.2) is 0 Å². The van der Waals surface area contributed by atoms with Gasteiger partial charge in [-0.1, -0.05) is 32.4 Å². The lowest BCUT2D eigenvalue weighted by atomic mass is 10.1. The van der Waals surface area contributed by atoms with Gasteiger partial charge in [0, 0.05) is 13.1 Å². The van der Waals surface area contributed by atoms with E-state index < -0.39 is 16.1 Å². The van der Waals surface area contributed by atoms with Gasteiger partial charge in [0.2, 0.25) is 10.0 Å². The van der Waals surface area contributed by atoms with Crippen molar-refractivity contribution in [3.05, 3.63) is 29.8 Å². The summed E-state index contributed by atoms with van der Waals surface area (Å²) in [7, 11) is -1.89. The molecule has 0 heterocycles. The molecule has 0 amide bonds. The second-order valence-electron chi connectivity index (χ2n) is 5.16. The number of nitrogens with zero attached hydrogens (tertiary/aromatic N) is 1. The van der Waals surface area contributed by atoms with Crippen LogP contribution in [0.15, 0.2) is 29.2 Å². The fourth-order valence-corrected chi connectivity index (χ4v) is 3.57. The van der Waals surface area contributed by atoms with E-state index in [-0.39, 0.29) is 10.9 Å². The maximum absolute atomic E-state index is 12.6. The van der Waals surface area contributed by atoms with Crippen LogP contribution in [0.2, 0.25) is 0 Å². The van der Waals surface area contributed by atoms with Crippen LogP contribution in [0, 0.1) is 0 Å². The Bertz CT molecular complexity index is 528. The third-order valence-electron chi connectivity index (χ3n) is 3.63. The van der Waals surface area contributed by atoms with Crippen LogP contribution >= 0.6 is 0 Å². The summed E-state index contributed by atoms with van der Waals surface area (Å²) in [6.07, 6.45) is 1.71. The molecule has 0 aliphatic carbocycles. The number of hydrogen-bond acceptors (Lipinski definition) is 3. The molecule has 114 valence electrons. The lowest BCUT2D eigenvalue weighted by Gasteiger charge is -2.24. The molecule has 0 radical (unpaired) electrons. The van der Waals surface area contributed by atoms with Crippen molar-refractivity contribution in [2.45, 2.75) is 57.1 Å². The van der Waals surface area contributed by atoms with Crippen LogP contribution in [0.25, 0.3) is 0 Å². The average molecular weight is 299 g/mol. The molecule has 0 bridgehead atoms. The van der Waals surface area contributed by atoms with Crippen molar-refractivity contribution in [2.24, 2.45) is 0 Å². The first-order valence-electron chi connectivity index (χ1n) is 7.10. The molecule has 0 spiro atoms. The second kappa shape index (κ2) is 7.20. The molecule has 20 heavy (non-hydrogen) atoms. The summed E-state index contributed by atoms with van der Waals surface area (Å²) < 4.78 is 26.5. The van der Waals surface area contributed by atoms with Crippen molar-refractivity contribution in [3.8, 4) is 0 Å². The van der Waals surface area contributed by atoms with E-state index in [1.54, 1.807) is 31.3 Å². The highest BCUT2D eigenvalue weighted by Crippen LogP contribution is 2.23. The quantitative estimate of drug-likeness (QED) is 0.842. The first-order valence-corrected chi connectivity index (χ1v) is 8.54. The molecule has 4 nitrogen and oxygen atoms in total. The highest BCUT2D eigenvalue weighted by molar-refractivity contribution is 7.89. The second-order valence-corrected chi connectivity index (χ2v) is 7.15. The van der Waals surface area contributed by atoms with Gasteiger partial charge in [-0.2, -0.15) is 4.31 Å². The standard InChI is InChI=1S/C15H25NO3S/c1-5-8-12(3)16(4)20(18,19)14-10-7-9-13(11-14)15(17)6-2/h7,9-12,15,17H,5-6,8H2,1-4H3. The normalized spacial score (nSPS) is 15.3. The van der Waals surface area contributed by atoms with Crippen LogP contribution in [0.1, 0.15) is 51.7 Å². The molecule has 0 saturated carbocycles. The molecule has 1 aromatic rings. The molecular weight excluding hydrogens is 274 g/mol. The van der Waals surface area contributed by atoms with Crippen molar-refractivity contribution < 1.29 is 13.5 Å². The van der Waals surface area contributed by atoms with Crippen molar-refractivity contribution >= 4 is 10.0 Å². The van der Waals surface area contributed by atoms with Gasteiger partial charge in [0.1, 0.15) is 0 Å². The smallest absolute Gasteiger partial charge is 0.243 e. The summed E-state index contributed by atoms with van der Waals surface area (Å²) in [5.74, 6) is 0. The monoisotopic (exact) mass is 299 g/mol. The molecule has 0 aliphatic rings. The van der Waals surface area contributed by atoms with Crippen LogP contribution in [-0.4, -0.2) is 30.9 Å². The third-order valence-corrected chi connectivity index (χ3v) is 5.60. The van der Waals surface area contributed by atoms with E-state index in [1.165, 1.54) is 4.31 Å². The molecule has 2 unspecified atom stereocenters. The van der Waals surface area contributed by atoms with Gasteiger partial charge in [0.05, 0.1) is 11.0 Å². The minimum Gasteiger partial charge on any atom is -0.388 e. The van der Waals surface area contributed by atoms with Crippen molar-refractivity contribution in [1.82, 2.24) is 4.31 Å². The summed E-state index contributed by atoms with van der Waals surface area (Å²) in [6.45, 7) is 5.81. The Morgan fingerprint density at radius 3 is 2.50 bits per heavy atom. The van der Waals surface area contributed by atoms with Crippen LogP contribution in [-0.2, 0) is 10.0 Å². The van der Waals surface area contributed by atoms with E-state index in [2.05, 4.69) is 0 Å². The number of aliphatic hydroxyl groups excluding tert-OH is 1. The van der Waals surface area contributed by atoms with Gasteiger partial charge in [-0.25, -0.2) is 8.42 Å². The van der Waals surface area contributed by atoms with E-state index in [0.29, 0.717) is 12.0 Å². The Morgan fingerprint density at radius 2 is 1.95 bits per heavy atom. The largest absolute Gasteiger partial charge is 0.388 e. The predicted molar refractivity (Wildman–Crippen MR) is 81.0 cm³/mol. The van der Waals surface area contributed by atoms with Crippen LogP contribution in [0.5, 0.6) is 0 Å². The number of rotatable bonds is 7. The lowest BCUT2D eigenvalue weighted by molar-refractivity contribution is 0.173. The fourth-order valence-electron chi connectivity index (χ4n) is 2.12. The minimum atomic E-state index is -3.50. The molecule has 1 aromatic carbocycles. The summed E-state index contributed by atoms with van der Waals surface area (Å²) in [6, 6.07) is 6.54. The van der Waals surface area contributed by atoms with Gasteiger partial charge < -0.3 is 5.11 Å². The lowest BCUT2D eigenvalue weighted by Crippen LogP contribution is -2.35. The Labute approximate surface area is 122 Å². The number of hydrogen-bond donors (Lipinski definition) is 1. The molecule has 2 atom stereocenters. The van der Waals surface area contributed by atoms with Gasteiger partial charge in [-0.3, -0.25) is 0 Å². The molecule has 0 aliphatic heterocycles. The maximum Gasteiger partial charge on any atom is 0.243 e. The molecule has 1 rings (SSSR count). The van der Waals surface area contributed by atoms with Crippen LogP contribution in [0.4, 0.5) is 0 Å². The SMILES string of the molecule is CCCC(C)N(C)S(=O)(=O)c1cccc(C(O)CC)c1. The van der Waals surface area contributed by atoms with E-state index in [0.717, 1.165) is 12.8 Å². The fraction of sp³-hybridized carbons (Fsp3) is 0.600. The van der Waals surface area contributed by atoms with Gasteiger partial charge >= 0.3 is 0 Å². The van der Waals surface area contributed by atoms with Crippen molar-refractivity contribution in [2.75, 3.05) is 7.05 Å². The van der Waals surface area contributed by atoms with Crippen LogP contribution in [0.3, 0.4) is 0 Å². The number of sulfonamides is 1. The molecular formula is C15H25NO3S. The highest BCUT2D eigenvalue weighted by atomic mass is 32.2. The highest BCUT2D eigenvalue weighted by Gasteiger charge is 2.25. The molecule has 0 saturated heterocycles. The molecule has 1 N–H and O–H groups in total. The van der Waals surface area contributed by atoms with E-state index in [1.807, 2.05) is 20.8 Å². The Hall–Kier alpha value is -0.910. The first kappa shape index (κ1) is 17.1. The van der Waals surface area contributed by atoms with Gasteiger partial charge in [-0.15, -0.1) is 0 Å². The van der Waals surface area contributed by atoms with E-state index >= 15 is 0 Å². The van der Waals surface area contributed by atoms with E-state index in [9.17, 15) is 13.5 Å². The van der Waals surface area contributed by atoms with Gasteiger partial charge in [-0.05, 0) is 37.5 Å². The third kappa shape index (κ3) is 3.81. The summed E-state index contributed by atoms with van der Waals surface area (Å²) in [4.78, 5) is 0.243. The summed E-state index contributed by atoms with van der Waals surface area (Å²) >= 11 is 0. The van der Waals surface area contributed by atoms with E-state index in [4.69, 9.17) is 0 Å². The number of aliphatic hydroxyl groups is 1. The Kier molecular flexibility index (Phi) is 6.17. The molecule has 0 aromatic heterocycles. The Balaban J connectivity index is 3.09. The topological polar surface area (TPSA) is 57.6 Å². The van der Waals surface area contributed by atoms with Gasteiger partial charge in [0.25, 0.3) is 0 Å². The average Bonchev–Trinajstić information content (AvgIpc) is 2.45. The molecule has 5 heteroatoms. The first-order chi connectivity index (χ1) is 9.34. The summed E-state index contributed by atoms with van der Waals surface area (Å²) in [5.41, 5.74) is 0.644. The zero-order valence-electron chi connectivity index (χ0n) is 12.7. The number of benzene rings is 1. The van der Waals surface area contributed by atoms with Crippen molar-refractivity contribution in [1.29, 1.82) is 0 Å². The zero-order chi connectivity index (χ0) is 15.3. The maximum atomic E-state index is 12.6. The molecule has 0 fully saturated rings. The Morgan fingerprint density at radius 1 is 1.30 bits per heavy atom. The predicted octanol–water partition coefficient (Wildman–Crippen LogP) is 2.94. The minimum absolute atomic E-state index is 0.0373. The van der Waals surface area contributed by atoms with Crippen molar-refractivity contribution in [3.63, 3.8) is 0 Å².